The average Bonchev–Trinajstić information content (AvgIpc) is 2.33. The molecule has 1 aliphatic heterocycles. The van der Waals surface area contributed by atoms with Crippen molar-refractivity contribution in [3.63, 3.8) is 0 Å². The summed E-state index contributed by atoms with van der Waals surface area (Å²) >= 11 is 0. The normalized spacial score (nSPS) is 24.8. The van der Waals surface area contributed by atoms with Gasteiger partial charge in [-0.25, -0.2) is 0 Å². The van der Waals surface area contributed by atoms with Crippen LogP contribution in [0.2, 0.25) is 0 Å². The predicted molar refractivity (Wildman–Crippen MR) is 72.7 cm³/mol. The topological polar surface area (TPSA) is 29.3 Å². The molecule has 2 heteroatoms. The van der Waals surface area contributed by atoms with E-state index in [4.69, 9.17) is 5.73 Å². The molecule has 1 heterocycles. The van der Waals surface area contributed by atoms with E-state index in [9.17, 15) is 0 Å². The maximum Gasteiger partial charge on any atom is 0.0239 e. The summed E-state index contributed by atoms with van der Waals surface area (Å²) in [5, 5.41) is 0. The first-order valence-electron chi connectivity index (χ1n) is 6.61. The summed E-state index contributed by atoms with van der Waals surface area (Å²) < 4.78 is 0. The van der Waals surface area contributed by atoms with Gasteiger partial charge in [-0.1, -0.05) is 30.3 Å². The van der Waals surface area contributed by atoms with E-state index in [2.05, 4.69) is 49.1 Å². The molecule has 1 atom stereocenters. The Balaban J connectivity index is 2.06. The molecule has 1 aromatic carbocycles. The molecule has 1 saturated heterocycles. The lowest BCUT2D eigenvalue weighted by molar-refractivity contribution is 0.0403. The zero-order chi connectivity index (χ0) is 12.3. The molecule has 2 nitrogen and oxygen atoms in total. The lowest BCUT2D eigenvalue weighted by Gasteiger charge is -2.45. The fraction of sp³-hybridized carbons (Fsp3) is 0.600. The minimum atomic E-state index is 0.307. The van der Waals surface area contributed by atoms with E-state index in [-0.39, 0.29) is 0 Å². The summed E-state index contributed by atoms with van der Waals surface area (Å²) in [6.45, 7) is 7.70. The Kier molecular flexibility index (Phi) is 3.85. The van der Waals surface area contributed by atoms with Crippen molar-refractivity contribution >= 4 is 0 Å². The molecule has 0 amide bonds. The average molecular weight is 232 g/mol. The Labute approximate surface area is 105 Å². The Hall–Kier alpha value is -0.860. The first-order valence-corrected chi connectivity index (χ1v) is 6.61. The number of piperidine rings is 1. The molecule has 1 unspecified atom stereocenters. The van der Waals surface area contributed by atoms with Crippen LogP contribution in [0, 0.1) is 5.92 Å². The number of benzene rings is 1. The summed E-state index contributed by atoms with van der Waals surface area (Å²) in [5.74, 6) is 0.673. The molecule has 0 aromatic heterocycles. The zero-order valence-electron chi connectivity index (χ0n) is 11.0. The van der Waals surface area contributed by atoms with Gasteiger partial charge in [0.25, 0.3) is 0 Å². The van der Waals surface area contributed by atoms with Crippen LogP contribution in [0.15, 0.2) is 30.3 Å². The molecule has 0 bridgehead atoms. The Morgan fingerprint density at radius 1 is 1.29 bits per heavy atom. The van der Waals surface area contributed by atoms with E-state index in [1.54, 1.807) is 0 Å². The van der Waals surface area contributed by atoms with Crippen LogP contribution in [-0.2, 0) is 6.54 Å². The molecule has 17 heavy (non-hydrogen) atoms. The fourth-order valence-electron chi connectivity index (χ4n) is 2.64. The van der Waals surface area contributed by atoms with Crippen LogP contribution < -0.4 is 5.73 Å². The van der Waals surface area contributed by atoms with Crippen molar-refractivity contribution in [2.45, 2.75) is 38.8 Å². The molecule has 0 saturated carbocycles. The molecule has 0 spiro atoms. The Bertz CT molecular complexity index is 345. The number of hydrogen-bond donors (Lipinski definition) is 1. The van der Waals surface area contributed by atoms with Gasteiger partial charge in [-0.2, -0.15) is 0 Å². The van der Waals surface area contributed by atoms with Gasteiger partial charge in [-0.3, -0.25) is 4.90 Å². The Morgan fingerprint density at radius 3 is 2.65 bits per heavy atom. The van der Waals surface area contributed by atoms with Crippen molar-refractivity contribution < 1.29 is 0 Å². The first-order chi connectivity index (χ1) is 8.12. The maximum absolute atomic E-state index is 5.82. The minimum absolute atomic E-state index is 0.307. The number of nitrogens with zero attached hydrogens (tertiary/aromatic N) is 1. The number of likely N-dealkylation sites (tertiary alicyclic amines) is 1. The summed E-state index contributed by atoms with van der Waals surface area (Å²) in [6.07, 6.45) is 2.52. The van der Waals surface area contributed by atoms with Gasteiger partial charge in [-0.15, -0.1) is 0 Å². The van der Waals surface area contributed by atoms with Crippen molar-refractivity contribution in [3.8, 4) is 0 Å². The molecule has 2 N–H and O–H groups in total. The molecule has 1 aromatic rings. The van der Waals surface area contributed by atoms with Crippen LogP contribution in [-0.4, -0.2) is 23.5 Å². The largest absolute Gasteiger partial charge is 0.330 e. The maximum atomic E-state index is 5.82. The van der Waals surface area contributed by atoms with Crippen LogP contribution in [0.5, 0.6) is 0 Å². The smallest absolute Gasteiger partial charge is 0.0239 e. The minimum Gasteiger partial charge on any atom is -0.330 e. The van der Waals surface area contributed by atoms with Gasteiger partial charge in [0, 0.05) is 18.6 Å². The van der Waals surface area contributed by atoms with Gasteiger partial charge in [0.15, 0.2) is 0 Å². The molecule has 0 radical (unpaired) electrons. The summed E-state index contributed by atoms with van der Waals surface area (Å²) in [4.78, 5) is 2.59. The van der Waals surface area contributed by atoms with E-state index in [0.717, 1.165) is 19.6 Å². The quantitative estimate of drug-likeness (QED) is 0.868. The molecule has 2 rings (SSSR count). The van der Waals surface area contributed by atoms with E-state index in [1.807, 2.05) is 0 Å². The second kappa shape index (κ2) is 5.19. The highest BCUT2D eigenvalue weighted by atomic mass is 15.2. The predicted octanol–water partition coefficient (Wildman–Crippen LogP) is 2.64. The second-order valence-corrected chi connectivity index (χ2v) is 5.82. The molecule has 94 valence electrons. The summed E-state index contributed by atoms with van der Waals surface area (Å²) in [6, 6.07) is 10.7. The molecular weight excluding hydrogens is 208 g/mol. The van der Waals surface area contributed by atoms with Crippen molar-refractivity contribution in [1.29, 1.82) is 0 Å². The zero-order valence-corrected chi connectivity index (χ0v) is 11.0. The highest BCUT2D eigenvalue weighted by molar-refractivity contribution is 5.15. The van der Waals surface area contributed by atoms with Gasteiger partial charge in [-0.05, 0) is 44.7 Å². The third-order valence-corrected chi connectivity index (χ3v) is 4.05. The summed E-state index contributed by atoms with van der Waals surface area (Å²) in [7, 11) is 0. The van der Waals surface area contributed by atoms with Gasteiger partial charge in [0.05, 0.1) is 0 Å². The van der Waals surface area contributed by atoms with Crippen LogP contribution in [0.1, 0.15) is 32.3 Å². The standard InChI is InChI=1S/C15H24N2/c1-15(2)9-8-14(10-16)12-17(15)11-13-6-4-3-5-7-13/h3-7,14H,8-12,16H2,1-2H3. The third-order valence-electron chi connectivity index (χ3n) is 4.05. The van der Waals surface area contributed by atoms with E-state index in [0.29, 0.717) is 11.5 Å². The van der Waals surface area contributed by atoms with Gasteiger partial charge >= 0.3 is 0 Å². The van der Waals surface area contributed by atoms with Crippen LogP contribution in [0.3, 0.4) is 0 Å². The first kappa shape index (κ1) is 12.6. The summed E-state index contributed by atoms with van der Waals surface area (Å²) in [5.41, 5.74) is 7.53. The lowest BCUT2D eigenvalue weighted by Crippen LogP contribution is -2.51. The Morgan fingerprint density at radius 2 is 2.00 bits per heavy atom. The van der Waals surface area contributed by atoms with Crippen LogP contribution in [0.25, 0.3) is 0 Å². The van der Waals surface area contributed by atoms with Crippen molar-refractivity contribution in [1.82, 2.24) is 4.90 Å². The number of rotatable bonds is 3. The lowest BCUT2D eigenvalue weighted by atomic mass is 9.84. The molecular formula is C15H24N2. The van der Waals surface area contributed by atoms with Crippen molar-refractivity contribution in [3.05, 3.63) is 35.9 Å². The van der Waals surface area contributed by atoms with Gasteiger partial charge in [0.2, 0.25) is 0 Å². The highest BCUT2D eigenvalue weighted by Crippen LogP contribution is 2.31. The fourth-order valence-corrected chi connectivity index (χ4v) is 2.64. The van der Waals surface area contributed by atoms with E-state index in [1.165, 1.54) is 18.4 Å². The van der Waals surface area contributed by atoms with Crippen molar-refractivity contribution in [2.24, 2.45) is 11.7 Å². The molecule has 1 fully saturated rings. The third kappa shape index (κ3) is 3.08. The molecule has 0 aliphatic carbocycles. The monoisotopic (exact) mass is 232 g/mol. The number of nitrogens with two attached hydrogens (primary N) is 1. The van der Waals surface area contributed by atoms with E-state index < -0.39 is 0 Å². The van der Waals surface area contributed by atoms with Crippen LogP contribution in [0.4, 0.5) is 0 Å². The highest BCUT2D eigenvalue weighted by Gasteiger charge is 2.33. The second-order valence-electron chi connectivity index (χ2n) is 5.82. The van der Waals surface area contributed by atoms with E-state index >= 15 is 0 Å². The SMILES string of the molecule is CC1(C)CCC(CN)CN1Cc1ccccc1. The number of hydrogen-bond acceptors (Lipinski definition) is 2. The van der Waals surface area contributed by atoms with Crippen molar-refractivity contribution in [2.75, 3.05) is 13.1 Å². The van der Waals surface area contributed by atoms with Gasteiger partial charge in [0.1, 0.15) is 0 Å². The van der Waals surface area contributed by atoms with Crippen LogP contribution >= 0.6 is 0 Å². The molecule has 1 aliphatic rings. The van der Waals surface area contributed by atoms with Gasteiger partial charge < -0.3 is 5.73 Å².